The number of carboxylic acids is 1. The average Bonchev–Trinajstić information content (AvgIpc) is 3.30. The van der Waals surface area contributed by atoms with Crippen LogP contribution in [0.25, 0.3) is 5.70 Å². The molecule has 12 heteroatoms. The topological polar surface area (TPSA) is 146 Å². The number of alkyl carbamates (subject to hydrolysis) is 1. The summed E-state index contributed by atoms with van der Waals surface area (Å²) in [5.41, 5.74) is 0.976. The van der Waals surface area contributed by atoms with Crippen LogP contribution < -0.4 is 16.1 Å². The second kappa shape index (κ2) is 11.5. The van der Waals surface area contributed by atoms with E-state index in [1.807, 2.05) is 32.9 Å². The number of ether oxygens (including phenoxy) is 1. The highest BCUT2D eigenvalue weighted by atomic mass is 35.5. The Morgan fingerprint density at radius 1 is 1.23 bits per heavy atom. The van der Waals surface area contributed by atoms with Gasteiger partial charge >= 0.3 is 12.1 Å². The summed E-state index contributed by atoms with van der Waals surface area (Å²) in [6.07, 6.45) is 6.23. The summed E-state index contributed by atoms with van der Waals surface area (Å²) in [7, 11) is 0. The molecule has 3 fully saturated rings. The molecule has 1 aromatic carbocycles. The number of carboxylic acid groups (broad SMARTS) is 1. The van der Waals surface area contributed by atoms with Crippen molar-refractivity contribution in [2.75, 3.05) is 6.54 Å². The van der Waals surface area contributed by atoms with Crippen LogP contribution in [0, 0.1) is 11.3 Å². The minimum atomic E-state index is -1.48. The number of rotatable bonds is 8. The first-order valence-corrected chi connectivity index (χ1v) is 15.0. The normalized spacial score (nSPS) is 29.0. The SMILES string of the molecule is C=C[C@@H]1C[C@]1(NC(=O)[C@@H]1C[C@]2(C=C(c3cccc(Cl)c3)NO2)CN1C(=O)[C@@H](NC(=O)OC1CCCC1)C(C)(C)C)C(=O)O. The van der Waals surface area contributed by atoms with Crippen LogP contribution in [0.4, 0.5) is 4.79 Å². The van der Waals surface area contributed by atoms with Gasteiger partial charge in [0.25, 0.3) is 0 Å². The van der Waals surface area contributed by atoms with Gasteiger partial charge in [0.2, 0.25) is 11.8 Å². The maximum atomic E-state index is 14.3. The molecule has 3 amide bonds. The number of nitrogens with zero attached hydrogens (tertiary/aromatic N) is 1. The molecular weight excluding hydrogens is 576 g/mol. The molecule has 0 aromatic heterocycles. The fourth-order valence-electron chi connectivity index (χ4n) is 6.26. The third kappa shape index (κ3) is 6.24. The van der Waals surface area contributed by atoms with Crippen molar-refractivity contribution in [1.29, 1.82) is 0 Å². The zero-order valence-corrected chi connectivity index (χ0v) is 25.4. The van der Waals surface area contributed by atoms with Gasteiger partial charge in [-0.1, -0.05) is 50.6 Å². The van der Waals surface area contributed by atoms with E-state index in [0.717, 1.165) is 31.2 Å². The molecule has 0 radical (unpaired) electrons. The quantitative estimate of drug-likeness (QED) is 0.324. The lowest BCUT2D eigenvalue weighted by Gasteiger charge is -2.35. The van der Waals surface area contributed by atoms with Crippen molar-refractivity contribution in [2.24, 2.45) is 11.3 Å². The van der Waals surface area contributed by atoms with Gasteiger partial charge in [-0.15, -0.1) is 6.58 Å². The number of carbonyl (C=O) groups is 4. The molecule has 5 rings (SSSR count). The predicted molar refractivity (Wildman–Crippen MR) is 158 cm³/mol. The molecule has 2 heterocycles. The van der Waals surface area contributed by atoms with Crippen molar-refractivity contribution in [3.05, 3.63) is 53.6 Å². The van der Waals surface area contributed by atoms with Gasteiger partial charge in [0.15, 0.2) is 0 Å². The molecule has 2 aliphatic carbocycles. The molecule has 2 aliphatic heterocycles. The zero-order chi connectivity index (χ0) is 31.2. The molecule has 1 saturated heterocycles. The number of hydrogen-bond acceptors (Lipinski definition) is 7. The van der Waals surface area contributed by atoms with E-state index in [2.05, 4.69) is 22.7 Å². The zero-order valence-electron chi connectivity index (χ0n) is 24.7. The number of aliphatic carboxylic acids is 1. The first-order valence-electron chi connectivity index (χ1n) is 14.7. The van der Waals surface area contributed by atoms with E-state index in [4.69, 9.17) is 21.2 Å². The van der Waals surface area contributed by atoms with Crippen molar-refractivity contribution < 1.29 is 33.9 Å². The lowest BCUT2D eigenvalue weighted by molar-refractivity contribution is -0.146. The highest BCUT2D eigenvalue weighted by Gasteiger charge is 2.62. The van der Waals surface area contributed by atoms with E-state index in [-0.39, 0.29) is 25.5 Å². The van der Waals surface area contributed by atoms with Crippen LogP contribution in [0.5, 0.6) is 0 Å². The monoisotopic (exact) mass is 614 g/mol. The number of likely N-dealkylation sites (tertiary alicyclic amines) is 1. The molecule has 1 aromatic rings. The van der Waals surface area contributed by atoms with Gasteiger partial charge < -0.3 is 25.4 Å². The standard InChI is InChI=1S/C31H39ClN4O7/c1-5-19-14-31(19,27(39)40)34-25(37)23-16-30(15-22(35-43-30)18-9-8-10-20(32)13-18)17-36(23)26(38)24(29(2,3)4)33-28(41)42-21-11-6-7-12-21/h5,8-10,13,15,19,21,23-24,35H,1,6-7,11-12,14,16-17H2,2-4H3,(H,33,41)(H,34,37)(H,39,40)/t19-,23+,24-,30-,31-/m1/s1. The van der Waals surface area contributed by atoms with E-state index in [9.17, 15) is 24.3 Å². The number of hydroxylamine groups is 1. The molecular formula is C31H39ClN4O7. The highest BCUT2D eigenvalue weighted by Crippen LogP contribution is 2.46. The Kier molecular flexibility index (Phi) is 8.26. The number of carbonyl (C=O) groups excluding carboxylic acids is 3. The summed E-state index contributed by atoms with van der Waals surface area (Å²) in [5, 5.41) is 15.9. The Morgan fingerprint density at radius 2 is 1.95 bits per heavy atom. The van der Waals surface area contributed by atoms with E-state index in [1.165, 1.54) is 11.0 Å². The van der Waals surface area contributed by atoms with Crippen molar-refractivity contribution >= 4 is 41.2 Å². The van der Waals surface area contributed by atoms with Gasteiger partial charge in [-0.05, 0) is 55.7 Å². The summed E-state index contributed by atoms with van der Waals surface area (Å²) in [4.78, 5) is 60.5. The van der Waals surface area contributed by atoms with Crippen LogP contribution in [0.15, 0.2) is 43.0 Å². The number of nitrogens with one attached hydrogen (secondary N) is 3. The van der Waals surface area contributed by atoms with Crippen LogP contribution in [0.1, 0.15) is 64.9 Å². The van der Waals surface area contributed by atoms with E-state index >= 15 is 0 Å². The van der Waals surface area contributed by atoms with Crippen molar-refractivity contribution in [3.8, 4) is 0 Å². The third-order valence-electron chi connectivity index (χ3n) is 8.82. The molecule has 11 nitrogen and oxygen atoms in total. The lowest BCUT2D eigenvalue weighted by Crippen LogP contribution is -2.59. The molecule has 0 bridgehead atoms. The van der Waals surface area contributed by atoms with Gasteiger partial charge in [0.05, 0.1) is 12.2 Å². The molecule has 1 spiro atoms. The molecule has 0 unspecified atom stereocenters. The largest absolute Gasteiger partial charge is 0.479 e. The van der Waals surface area contributed by atoms with Crippen LogP contribution in [0.2, 0.25) is 5.02 Å². The summed E-state index contributed by atoms with van der Waals surface area (Å²) >= 11 is 6.19. The van der Waals surface area contributed by atoms with Crippen molar-refractivity contribution in [2.45, 2.75) is 88.6 Å². The molecule has 4 N–H and O–H groups in total. The fourth-order valence-corrected chi connectivity index (χ4v) is 6.45. The van der Waals surface area contributed by atoms with Gasteiger partial charge in [-0.2, -0.15) is 0 Å². The lowest BCUT2D eigenvalue weighted by atomic mass is 9.85. The summed E-state index contributed by atoms with van der Waals surface area (Å²) < 4.78 is 5.58. The smallest absolute Gasteiger partial charge is 0.408 e. The van der Waals surface area contributed by atoms with Crippen LogP contribution >= 0.6 is 11.6 Å². The van der Waals surface area contributed by atoms with Gasteiger partial charge in [0.1, 0.15) is 29.3 Å². The van der Waals surface area contributed by atoms with Gasteiger partial charge in [-0.25, -0.2) is 9.59 Å². The highest BCUT2D eigenvalue weighted by molar-refractivity contribution is 6.30. The summed E-state index contributed by atoms with van der Waals surface area (Å²) in [6, 6.07) is 5.05. The number of hydrogen-bond donors (Lipinski definition) is 4. The van der Waals surface area contributed by atoms with E-state index in [1.54, 1.807) is 18.2 Å². The Balaban J connectivity index is 1.43. The third-order valence-corrected chi connectivity index (χ3v) is 9.06. The molecule has 5 atom stereocenters. The fraction of sp³-hybridized carbons (Fsp3) is 0.548. The minimum absolute atomic E-state index is 0.0160. The Morgan fingerprint density at radius 3 is 2.56 bits per heavy atom. The molecule has 43 heavy (non-hydrogen) atoms. The maximum Gasteiger partial charge on any atom is 0.408 e. The molecule has 4 aliphatic rings. The Labute approximate surface area is 255 Å². The summed E-state index contributed by atoms with van der Waals surface area (Å²) in [6.45, 7) is 9.12. The maximum absolute atomic E-state index is 14.3. The van der Waals surface area contributed by atoms with E-state index < -0.39 is 58.4 Å². The minimum Gasteiger partial charge on any atom is -0.479 e. The number of benzene rings is 1. The number of amides is 3. The average molecular weight is 615 g/mol. The van der Waals surface area contributed by atoms with Crippen molar-refractivity contribution in [3.63, 3.8) is 0 Å². The second-order valence-electron chi connectivity index (χ2n) is 13.1. The first kappa shape index (κ1) is 30.9. The molecule has 2 saturated carbocycles. The van der Waals surface area contributed by atoms with Crippen LogP contribution in [-0.4, -0.2) is 69.8 Å². The van der Waals surface area contributed by atoms with Gasteiger partial charge in [-0.3, -0.25) is 19.9 Å². The summed E-state index contributed by atoms with van der Waals surface area (Å²) in [5.74, 6) is -2.71. The first-order chi connectivity index (χ1) is 20.3. The number of halogens is 1. The predicted octanol–water partition coefficient (Wildman–Crippen LogP) is 3.78. The van der Waals surface area contributed by atoms with Gasteiger partial charge in [0, 0.05) is 22.9 Å². The Bertz CT molecular complexity index is 1350. The second-order valence-corrected chi connectivity index (χ2v) is 13.5. The Hall–Kier alpha value is -3.57. The van der Waals surface area contributed by atoms with E-state index in [0.29, 0.717) is 10.7 Å². The van der Waals surface area contributed by atoms with Crippen LogP contribution in [0.3, 0.4) is 0 Å². The van der Waals surface area contributed by atoms with Crippen LogP contribution in [-0.2, 0) is 24.0 Å². The van der Waals surface area contributed by atoms with Crippen molar-refractivity contribution in [1.82, 2.24) is 21.0 Å². The molecule has 232 valence electrons.